The Morgan fingerprint density at radius 2 is 1.55 bits per heavy atom. The van der Waals surface area contributed by atoms with Crippen LogP contribution in [0.15, 0.2) is 76.7 Å². The van der Waals surface area contributed by atoms with Crippen LogP contribution in [0, 0.1) is 0 Å². The van der Waals surface area contributed by atoms with E-state index < -0.39 is 12.0 Å². The van der Waals surface area contributed by atoms with Crippen molar-refractivity contribution in [2.75, 3.05) is 55.5 Å². The lowest BCUT2D eigenvalue weighted by Gasteiger charge is -2.11. The summed E-state index contributed by atoms with van der Waals surface area (Å²) in [5.74, 6) is 0.604. The Morgan fingerprint density at radius 3 is 2.10 bits per heavy atom. The number of amidine groups is 2. The predicted molar refractivity (Wildman–Crippen MR) is 159 cm³/mol. The van der Waals surface area contributed by atoms with E-state index in [1.165, 1.54) is 12.1 Å². The van der Waals surface area contributed by atoms with Crippen LogP contribution in [0.2, 0.25) is 0 Å². The van der Waals surface area contributed by atoms with Gasteiger partial charge in [-0.3, -0.25) is 14.8 Å². The first-order valence-corrected chi connectivity index (χ1v) is 12.3. The standard InChI is InChI=1S/C18H21N5O3.C10H11N3O/c1-19-14-8-12(17(24)25)9-15(10-14)23-18(26)22-13-6-4-11(5-7-13)16(20-2)21-3;14-7-13-9-3-1-8(2-4-9)10-11-5-6-12-10/h4-10,19H,1-3H3,(H,20,21)(H,24,25)(H2,22,23,26);1-4,7H,5-6H2,(H,11,12)(H,13,14). The second-order valence-electron chi connectivity index (χ2n) is 8.33. The Balaban J connectivity index is 0.000000263. The van der Waals surface area contributed by atoms with Crippen molar-refractivity contribution in [2.45, 2.75) is 0 Å². The minimum atomic E-state index is -1.07. The van der Waals surface area contributed by atoms with E-state index in [4.69, 9.17) is 5.11 Å². The maximum absolute atomic E-state index is 12.2. The maximum Gasteiger partial charge on any atom is 0.335 e. The molecule has 208 valence electrons. The minimum Gasteiger partial charge on any atom is -0.478 e. The van der Waals surface area contributed by atoms with Gasteiger partial charge in [0.2, 0.25) is 6.41 Å². The van der Waals surface area contributed by atoms with Crippen LogP contribution in [0.4, 0.5) is 27.5 Å². The van der Waals surface area contributed by atoms with E-state index in [0.717, 1.165) is 41.6 Å². The van der Waals surface area contributed by atoms with Crippen LogP contribution in [0.5, 0.6) is 0 Å². The van der Waals surface area contributed by atoms with E-state index in [2.05, 4.69) is 41.9 Å². The number of nitrogens with zero attached hydrogens (tertiary/aromatic N) is 2. The zero-order chi connectivity index (χ0) is 28.9. The number of rotatable bonds is 8. The molecule has 0 bridgehead atoms. The molecule has 0 unspecified atom stereocenters. The molecule has 1 aliphatic rings. The van der Waals surface area contributed by atoms with Crippen LogP contribution >= 0.6 is 0 Å². The Labute approximate surface area is 232 Å². The van der Waals surface area contributed by atoms with E-state index in [9.17, 15) is 14.4 Å². The smallest absolute Gasteiger partial charge is 0.335 e. The molecule has 0 atom stereocenters. The van der Waals surface area contributed by atoms with E-state index in [1.54, 1.807) is 39.3 Å². The van der Waals surface area contributed by atoms with Gasteiger partial charge in [0.15, 0.2) is 0 Å². The monoisotopic (exact) mass is 544 g/mol. The van der Waals surface area contributed by atoms with Crippen molar-refractivity contribution in [1.82, 2.24) is 10.6 Å². The summed E-state index contributed by atoms with van der Waals surface area (Å²) in [6.07, 6.45) is 0.667. The summed E-state index contributed by atoms with van der Waals surface area (Å²) in [6.45, 7) is 1.74. The van der Waals surface area contributed by atoms with Crippen molar-refractivity contribution < 1.29 is 19.5 Å². The summed E-state index contributed by atoms with van der Waals surface area (Å²) in [4.78, 5) is 41.9. The average molecular weight is 545 g/mol. The first-order valence-electron chi connectivity index (χ1n) is 12.3. The molecule has 3 aromatic carbocycles. The molecule has 0 fully saturated rings. The highest BCUT2D eigenvalue weighted by Gasteiger charge is 2.10. The number of aliphatic imine (C=N–C) groups is 2. The maximum atomic E-state index is 12.2. The number of carbonyl (C=O) groups excluding carboxylic acids is 2. The first-order chi connectivity index (χ1) is 19.4. The summed E-state index contributed by atoms with van der Waals surface area (Å²) < 4.78 is 0. The second-order valence-corrected chi connectivity index (χ2v) is 8.33. The van der Waals surface area contributed by atoms with E-state index in [0.29, 0.717) is 23.5 Å². The van der Waals surface area contributed by atoms with Crippen LogP contribution < -0.4 is 31.9 Å². The molecule has 1 aliphatic heterocycles. The van der Waals surface area contributed by atoms with Gasteiger partial charge in [0.25, 0.3) is 0 Å². The van der Waals surface area contributed by atoms with Crippen molar-refractivity contribution in [3.8, 4) is 0 Å². The van der Waals surface area contributed by atoms with Gasteiger partial charge in [-0.05, 0) is 66.7 Å². The zero-order valence-corrected chi connectivity index (χ0v) is 22.4. The average Bonchev–Trinajstić information content (AvgIpc) is 3.50. The predicted octanol–water partition coefficient (Wildman–Crippen LogP) is 3.27. The van der Waals surface area contributed by atoms with E-state index in [1.807, 2.05) is 36.4 Å². The van der Waals surface area contributed by atoms with Crippen molar-refractivity contribution >= 4 is 52.8 Å². The summed E-state index contributed by atoms with van der Waals surface area (Å²) in [7, 11) is 5.15. The van der Waals surface area contributed by atoms with E-state index >= 15 is 0 Å². The minimum absolute atomic E-state index is 0.0787. The zero-order valence-electron chi connectivity index (χ0n) is 22.4. The van der Waals surface area contributed by atoms with Crippen LogP contribution in [0.1, 0.15) is 21.5 Å². The molecule has 0 aromatic heterocycles. The molecular weight excluding hydrogens is 512 g/mol. The number of amides is 3. The quantitative estimate of drug-likeness (QED) is 0.130. The van der Waals surface area contributed by atoms with Gasteiger partial charge < -0.3 is 37.0 Å². The number of nitrogens with one attached hydrogen (secondary N) is 6. The molecule has 0 radical (unpaired) electrons. The van der Waals surface area contributed by atoms with Gasteiger partial charge in [0.1, 0.15) is 11.7 Å². The molecule has 1 heterocycles. The van der Waals surface area contributed by atoms with Gasteiger partial charge in [-0.25, -0.2) is 9.59 Å². The largest absolute Gasteiger partial charge is 0.478 e. The van der Waals surface area contributed by atoms with Gasteiger partial charge in [0, 0.05) is 61.6 Å². The number of hydrogen-bond acceptors (Lipinski definition) is 7. The van der Waals surface area contributed by atoms with Gasteiger partial charge in [-0.1, -0.05) is 0 Å². The number of carbonyl (C=O) groups is 3. The fourth-order valence-electron chi connectivity index (χ4n) is 3.74. The highest BCUT2D eigenvalue weighted by Crippen LogP contribution is 2.19. The molecule has 12 heteroatoms. The molecule has 0 spiro atoms. The number of carboxylic acids is 1. The first kappa shape index (κ1) is 29.2. The molecule has 0 aliphatic carbocycles. The summed E-state index contributed by atoms with van der Waals surface area (Å²) in [5.41, 5.74) is 4.38. The SMILES string of the molecule is CN=C(NC)c1ccc(NC(=O)Nc2cc(NC)cc(C(=O)O)c2)cc1.O=CNc1ccc(C2=NCCN2)cc1. The Kier molecular flexibility index (Phi) is 10.6. The van der Waals surface area contributed by atoms with Crippen molar-refractivity contribution in [1.29, 1.82) is 0 Å². The number of benzene rings is 3. The molecule has 12 nitrogen and oxygen atoms in total. The Morgan fingerprint density at radius 1 is 0.900 bits per heavy atom. The van der Waals surface area contributed by atoms with Crippen molar-refractivity contribution in [3.05, 3.63) is 83.4 Å². The summed E-state index contributed by atoms with van der Waals surface area (Å²) in [6, 6.07) is 18.8. The number of hydrogen-bond donors (Lipinski definition) is 7. The lowest BCUT2D eigenvalue weighted by molar-refractivity contribution is -0.105. The third-order valence-electron chi connectivity index (χ3n) is 5.66. The third kappa shape index (κ3) is 8.31. The molecule has 4 rings (SSSR count). The van der Waals surface area contributed by atoms with E-state index in [-0.39, 0.29) is 5.56 Å². The lowest BCUT2D eigenvalue weighted by Crippen LogP contribution is -2.21. The Bertz CT molecular complexity index is 1390. The summed E-state index contributed by atoms with van der Waals surface area (Å²) >= 11 is 0. The summed E-state index contributed by atoms with van der Waals surface area (Å²) in [5, 5.41) is 26.1. The second kappa shape index (κ2) is 14.5. The van der Waals surface area contributed by atoms with Gasteiger partial charge >= 0.3 is 12.0 Å². The molecular formula is C28H32N8O4. The Hall–Kier alpha value is -5.39. The highest BCUT2D eigenvalue weighted by molar-refractivity contribution is 6.02. The number of urea groups is 1. The normalized spacial score (nSPS) is 12.1. The van der Waals surface area contributed by atoms with Gasteiger partial charge in [-0.15, -0.1) is 0 Å². The van der Waals surface area contributed by atoms with Gasteiger partial charge in [-0.2, -0.15) is 0 Å². The topological polar surface area (TPSA) is 168 Å². The van der Waals surface area contributed by atoms with Gasteiger partial charge in [0.05, 0.1) is 12.1 Å². The molecule has 40 heavy (non-hydrogen) atoms. The third-order valence-corrected chi connectivity index (χ3v) is 5.66. The molecule has 7 N–H and O–H groups in total. The van der Waals surface area contributed by atoms with Crippen molar-refractivity contribution in [3.63, 3.8) is 0 Å². The molecule has 0 saturated carbocycles. The van der Waals surface area contributed by atoms with Crippen LogP contribution in [0.3, 0.4) is 0 Å². The molecule has 3 amide bonds. The van der Waals surface area contributed by atoms with Crippen molar-refractivity contribution in [2.24, 2.45) is 9.98 Å². The van der Waals surface area contributed by atoms with Crippen LogP contribution in [-0.4, -0.2) is 69.4 Å². The number of carboxylic acid groups (broad SMARTS) is 1. The number of aromatic carboxylic acids is 1. The molecule has 0 saturated heterocycles. The number of anilines is 4. The fraction of sp³-hybridized carbons (Fsp3) is 0.179. The lowest BCUT2D eigenvalue weighted by atomic mass is 10.1. The fourth-order valence-corrected chi connectivity index (χ4v) is 3.74. The molecule has 3 aromatic rings. The highest BCUT2D eigenvalue weighted by atomic mass is 16.4. The van der Waals surface area contributed by atoms with Crippen LogP contribution in [-0.2, 0) is 4.79 Å². The van der Waals surface area contributed by atoms with Crippen LogP contribution in [0.25, 0.3) is 0 Å².